The van der Waals surface area contributed by atoms with Crippen LogP contribution in [0.25, 0.3) is 0 Å². The van der Waals surface area contributed by atoms with Gasteiger partial charge in [0.15, 0.2) is 0 Å². The highest BCUT2D eigenvalue weighted by Gasteiger charge is 2.31. The van der Waals surface area contributed by atoms with Gasteiger partial charge in [0.25, 0.3) is 0 Å². The van der Waals surface area contributed by atoms with Crippen molar-refractivity contribution in [3.8, 4) is 0 Å². The molecule has 15 heteroatoms. The molecule has 4 atom stereocenters. The van der Waals surface area contributed by atoms with Crippen LogP contribution < -0.4 is 21.7 Å². The largest absolute Gasteiger partial charge is 0.481 e. The van der Waals surface area contributed by atoms with E-state index in [2.05, 4.69) is 16.0 Å². The minimum atomic E-state index is -1.70. The number of hydrogen-bond acceptors (Lipinski definition) is 8. The summed E-state index contributed by atoms with van der Waals surface area (Å²) in [5.41, 5.74) is 6.15. The fourth-order valence-corrected chi connectivity index (χ4v) is 3.20. The standard InChI is InChI=1S/C23H30N4O11/c24-13(6-8-17(28)29)20(34)26-16(11-19(32)33)22(36)27-15(10-12-4-2-1-3-5-12)21(35)25-14(23(37)38)7-9-18(30)31/h1-5,13-16H,6-11,24H2,(H,25,35)(H,26,34)(H,27,36)(H,28,29)(H,30,31)(H,32,33)(H,37,38). The minimum Gasteiger partial charge on any atom is -0.481 e. The third kappa shape index (κ3) is 11.9. The first-order chi connectivity index (χ1) is 17.8. The molecule has 1 rings (SSSR count). The first kappa shape index (κ1) is 31.5. The van der Waals surface area contributed by atoms with Gasteiger partial charge in [0.2, 0.25) is 17.7 Å². The van der Waals surface area contributed by atoms with Crippen LogP contribution in [0.3, 0.4) is 0 Å². The van der Waals surface area contributed by atoms with Gasteiger partial charge in [-0.25, -0.2) is 4.79 Å². The number of nitrogens with one attached hydrogen (secondary N) is 3. The van der Waals surface area contributed by atoms with E-state index in [1.165, 1.54) is 0 Å². The molecule has 38 heavy (non-hydrogen) atoms. The van der Waals surface area contributed by atoms with E-state index in [9.17, 15) is 43.8 Å². The van der Waals surface area contributed by atoms with Crippen LogP contribution in [0.1, 0.15) is 37.7 Å². The van der Waals surface area contributed by atoms with Crippen LogP contribution in [0.2, 0.25) is 0 Å². The lowest BCUT2D eigenvalue weighted by Crippen LogP contribution is -2.58. The van der Waals surface area contributed by atoms with Crippen LogP contribution in [0, 0.1) is 0 Å². The Morgan fingerprint density at radius 2 is 1.16 bits per heavy atom. The number of carboxylic acid groups (broad SMARTS) is 4. The Labute approximate surface area is 216 Å². The molecule has 0 bridgehead atoms. The topological polar surface area (TPSA) is 263 Å². The Morgan fingerprint density at radius 3 is 1.68 bits per heavy atom. The lowest BCUT2D eigenvalue weighted by atomic mass is 10.0. The second-order valence-corrected chi connectivity index (χ2v) is 8.28. The number of carbonyl (C=O) groups is 7. The van der Waals surface area contributed by atoms with Crippen molar-refractivity contribution in [2.24, 2.45) is 5.73 Å². The fraction of sp³-hybridized carbons (Fsp3) is 0.435. The Kier molecular flexibility index (Phi) is 12.9. The van der Waals surface area contributed by atoms with Crippen molar-refractivity contribution in [2.75, 3.05) is 0 Å². The summed E-state index contributed by atoms with van der Waals surface area (Å²) in [6, 6.07) is 2.12. The van der Waals surface area contributed by atoms with Gasteiger partial charge in [0, 0.05) is 19.3 Å². The zero-order valence-corrected chi connectivity index (χ0v) is 20.2. The second kappa shape index (κ2) is 15.6. The van der Waals surface area contributed by atoms with Crippen molar-refractivity contribution in [2.45, 2.75) is 62.7 Å². The van der Waals surface area contributed by atoms with Crippen LogP contribution in [0.15, 0.2) is 30.3 Å². The summed E-state index contributed by atoms with van der Waals surface area (Å²) in [5.74, 6) is -8.56. The maximum Gasteiger partial charge on any atom is 0.326 e. The van der Waals surface area contributed by atoms with E-state index in [0.29, 0.717) is 5.56 Å². The molecule has 0 fully saturated rings. The lowest BCUT2D eigenvalue weighted by Gasteiger charge is -2.24. The van der Waals surface area contributed by atoms with E-state index in [1.54, 1.807) is 30.3 Å². The van der Waals surface area contributed by atoms with Gasteiger partial charge >= 0.3 is 23.9 Å². The molecule has 0 heterocycles. The summed E-state index contributed by atoms with van der Waals surface area (Å²) in [4.78, 5) is 82.5. The molecule has 0 aliphatic rings. The first-order valence-electron chi connectivity index (χ1n) is 11.4. The molecule has 1 aromatic carbocycles. The van der Waals surface area contributed by atoms with E-state index < -0.39 is 91.4 Å². The number of benzene rings is 1. The molecule has 0 spiro atoms. The van der Waals surface area contributed by atoms with Gasteiger partial charge in [0.05, 0.1) is 12.5 Å². The van der Waals surface area contributed by atoms with Gasteiger partial charge in [0.1, 0.15) is 18.1 Å². The van der Waals surface area contributed by atoms with E-state index in [4.69, 9.17) is 15.9 Å². The van der Waals surface area contributed by atoms with Crippen molar-refractivity contribution in [1.29, 1.82) is 0 Å². The number of amides is 3. The van der Waals surface area contributed by atoms with Crippen molar-refractivity contribution in [1.82, 2.24) is 16.0 Å². The fourth-order valence-electron chi connectivity index (χ4n) is 3.20. The highest BCUT2D eigenvalue weighted by Crippen LogP contribution is 2.07. The normalized spacial score (nSPS) is 13.7. The van der Waals surface area contributed by atoms with Gasteiger partial charge in [-0.1, -0.05) is 30.3 Å². The van der Waals surface area contributed by atoms with E-state index in [-0.39, 0.29) is 12.8 Å². The van der Waals surface area contributed by atoms with E-state index in [1.807, 2.05) is 0 Å². The number of carboxylic acids is 4. The summed E-state index contributed by atoms with van der Waals surface area (Å²) in [6.45, 7) is 0. The molecular formula is C23H30N4O11. The molecule has 0 radical (unpaired) electrons. The Morgan fingerprint density at radius 1 is 0.658 bits per heavy atom. The molecule has 0 aromatic heterocycles. The zero-order chi connectivity index (χ0) is 28.8. The van der Waals surface area contributed by atoms with Crippen LogP contribution >= 0.6 is 0 Å². The average Bonchev–Trinajstić information content (AvgIpc) is 2.83. The third-order valence-corrected chi connectivity index (χ3v) is 5.19. The molecule has 0 saturated carbocycles. The van der Waals surface area contributed by atoms with Crippen molar-refractivity contribution in [3.63, 3.8) is 0 Å². The molecule has 9 N–H and O–H groups in total. The summed E-state index contributed by atoms with van der Waals surface area (Å²) in [6.07, 6.45) is -2.78. The molecule has 0 aliphatic carbocycles. The molecule has 4 unspecified atom stereocenters. The minimum absolute atomic E-state index is 0.157. The Hall–Kier alpha value is -4.53. The van der Waals surface area contributed by atoms with Gasteiger partial charge in [-0.3, -0.25) is 28.8 Å². The average molecular weight is 539 g/mol. The second-order valence-electron chi connectivity index (χ2n) is 8.28. The number of hydrogen-bond donors (Lipinski definition) is 8. The SMILES string of the molecule is NC(CCC(=O)O)C(=O)NC(CC(=O)O)C(=O)NC(Cc1ccccc1)C(=O)NC(CCC(=O)O)C(=O)O. The quantitative estimate of drug-likeness (QED) is 0.110. The first-order valence-corrected chi connectivity index (χ1v) is 11.4. The summed E-state index contributed by atoms with van der Waals surface area (Å²) in [5, 5.41) is 42.7. The maximum absolute atomic E-state index is 13.0. The number of nitrogens with two attached hydrogens (primary N) is 1. The van der Waals surface area contributed by atoms with Crippen molar-refractivity contribution < 1.29 is 54.0 Å². The maximum atomic E-state index is 13.0. The highest BCUT2D eigenvalue weighted by atomic mass is 16.4. The molecule has 208 valence electrons. The third-order valence-electron chi connectivity index (χ3n) is 5.19. The molecule has 0 aliphatic heterocycles. The highest BCUT2D eigenvalue weighted by molar-refractivity contribution is 5.95. The Balaban J connectivity index is 3.11. The van der Waals surface area contributed by atoms with Gasteiger partial charge in [-0.15, -0.1) is 0 Å². The summed E-state index contributed by atoms with van der Waals surface area (Å²) < 4.78 is 0. The predicted octanol–water partition coefficient (Wildman–Crippen LogP) is -1.70. The Bertz CT molecular complexity index is 1030. The molecule has 15 nitrogen and oxygen atoms in total. The van der Waals surface area contributed by atoms with Crippen LogP contribution in [0.4, 0.5) is 0 Å². The number of aliphatic carboxylic acids is 4. The molecular weight excluding hydrogens is 508 g/mol. The molecule has 0 saturated heterocycles. The number of carbonyl (C=O) groups excluding carboxylic acids is 3. The van der Waals surface area contributed by atoms with Crippen LogP contribution in [-0.4, -0.2) is 86.2 Å². The zero-order valence-electron chi connectivity index (χ0n) is 20.2. The van der Waals surface area contributed by atoms with Gasteiger partial charge in [-0.05, 0) is 18.4 Å². The lowest BCUT2D eigenvalue weighted by molar-refractivity contribution is -0.144. The summed E-state index contributed by atoms with van der Waals surface area (Å²) in [7, 11) is 0. The molecule has 3 amide bonds. The smallest absolute Gasteiger partial charge is 0.326 e. The van der Waals surface area contributed by atoms with Crippen LogP contribution in [0.5, 0.6) is 0 Å². The molecule has 1 aromatic rings. The van der Waals surface area contributed by atoms with E-state index in [0.717, 1.165) is 0 Å². The van der Waals surface area contributed by atoms with Gasteiger partial charge in [-0.2, -0.15) is 0 Å². The monoisotopic (exact) mass is 538 g/mol. The van der Waals surface area contributed by atoms with Crippen LogP contribution in [-0.2, 0) is 40.0 Å². The van der Waals surface area contributed by atoms with Gasteiger partial charge < -0.3 is 42.1 Å². The predicted molar refractivity (Wildman–Crippen MR) is 128 cm³/mol. The summed E-state index contributed by atoms with van der Waals surface area (Å²) >= 11 is 0. The van der Waals surface area contributed by atoms with E-state index >= 15 is 0 Å². The number of rotatable bonds is 17. The van der Waals surface area contributed by atoms with Crippen molar-refractivity contribution in [3.05, 3.63) is 35.9 Å². The van der Waals surface area contributed by atoms with Crippen molar-refractivity contribution >= 4 is 41.6 Å².